The molecule has 68 valence electrons. The molecular formula is C11H18O. The summed E-state index contributed by atoms with van der Waals surface area (Å²) < 4.78 is 0. The highest BCUT2D eigenvalue weighted by molar-refractivity contribution is 5.39. The fraction of sp³-hybridized carbons (Fsp3) is 0.636. The second-order valence-electron chi connectivity index (χ2n) is 3.92. The van der Waals surface area contributed by atoms with Crippen LogP contribution in [0.5, 0.6) is 0 Å². The third kappa shape index (κ3) is 1.55. The molecule has 0 saturated carbocycles. The van der Waals surface area contributed by atoms with Gasteiger partial charge in [0.25, 0.3) is 0 Å². The molecule has 0 amide bonds. The van der Waals surface area contributed by atoms with E-state index < -0.39 is 0 Å². The van der Waals surface area contributed by atoms with Crippen LogP contribution in [0, 0.1) is 5.92 Å². The van der Waals surface area contributed by atoms with Crippen molar-refractivity contribution in [3.05, 3.63) is 22.5 Å². The summed E-state index contributed by atoms with van der Waals surface area (Å²) in [7, 11) is 0. The lowest BCUT2D eigenvalue weighted by atomic mass is 9.85. The van der Waals surface area contributed by atoms with E-state index in [1.807, 2.05) is 6.92 Å². The number of hydrogen-bond donors (Lipinski definition) is 1. The van der Waals surface area contributed by atoms with Gasteiger partial charge in [0.1, 0.15) is 0 Å². The smallest absolute Gasteiger partial charge is 0.0957 e. The van der Waals surface area contributed by atoms with Crippen molar-refractivity contribution in [3.8, 4) is 0 Å². The highest BCUT2D eigenvalue weighted by Crippen LogP contribution is 2.32. The summed E-state index contributed by atoms with van der Waals surface area (Å²) in [6.45, 7) is 8.56. The highest BCUT2D eigenvalue weighted by Gasteiger charge is 2.17. The molecule has 0 aromatic heterocycles. The maximum Gasteiger partial charge on any atom is 0.0957 e. The molecule has 1 N–H and O–H groups in total. The third-order valence-corrected chi connectivity index (χ3v) is 2.61. The number of rotatable bonds is 1. The fourth-order valence-electron chi connectivity index (χ4n) is 2.03. The molecular weight excluding hydrogens is 148 g/mol. The largest absolute Gasteiger partial charge is 0.512 e. The van der Waals surface area contributed by atoms with E-state index in [2.05, 4.69) is 20.8 Å². The minimum Gasteiger partial charge on any atom is -0.512 e. The molecule has 1 rings (SSSR count). The van der Waals surface area contributed by atoms with Crippen LogP contribution in [0.15, 0.2) is 22.5 Å². The van der Waals surface area contributed by atoms with E-state index in [0.29, 0.717) is 11.7 Å². The van der Waals surface area contributed by atoms with Gasteiger partial charge in [0, 0.05) is 6.42 Å². The molecule has 0 spiro atoms. The average Bonchev–Trinajstić information content (AvgIpc) is 1.97. The van der Waals surface area contributed by atoms with Crippen molar-refractivity contribution in [1.29, 1.82) is 0 Å². The second kappa shape index (κ2) is 3.34. The lowest BCUT2D eigenvalue weighted by Gasteiger charge is -2.22. The van der Waals surface area contributed by atoms with E-state index in [0.717, 1.165) is 18.4 Å². The van der Waals surface area contributed by atoms with Crippen molar-refractivity contribution >= 4 is 0 Å². The van der Waals surface area contributed by atoms with E-state index in [4.69, 9.17) is 0 Å². The molecule has 0 heterocycles. The van der Waals surface area contributed by atoms with Gasteiger partial charge in [-0.25, -0.2) is 0 Å². The first kappa shape index (κ1) is 9.37. The van der Waals surface area contributed by atoms with E-state index in [-0.39, 0.29) is 0 Å². The molecule has 0 bridgehead atoms. The lowest BCUT2D eigenvalue weighted by molar-refractivity contribution is 0.375. The van der Waals surface area contributed by atoms with Crippen molar-refractivity contribution in [2.75, 3.05) is 0 Å². The van der Waals surface area contributed by atoms with Crippen LogP contribution in [0.4, 0.5) is 0 Å². The summed E-state index contributed by atoms with van der Waals surface area (Å²) >= 11 is 0. The van der Waals surface area contributed by atoms with Crippen LogP contribution in [0.25, 0.3) is 0 Å². The molecule has 0 saturated heterocycles. The molecule has 1 nitrogen and oxygen atoms in total. The maximum atomic E-state index is 9.56. The van der Waals surface area contributed by atoms with Crippen molar-refractivity contribution in [2.24, 2.45) is 5.92 Å². The van der Waals surface area contributed by atoms with Gasteiger partial charge in [0.05, 0.1) is 5.76 Å². The molecule has 0 aromatic rings. The Morgan fingerprint density at radius 1 is 1.17 bits per heavy atom. The Morgan fingerprint density at radius 3 is 2.17 bits per heavy atom. The van der Waals surface area contributed by atoms with Gasteiger partial charge in [-0.2, -0.15) is 0 Å². The van der Waals surface area contributed by atoms with Crippen LogP contribution in [0.1, 0.15) is 40.5 Å². The zero-order valence-corrected chi connectivity index (χ0v) is 8.44. The molecule has 12 heavy (non-hydrogen) atoms. The topological polar surface area (TPSA) is 20.2 Å². The van der Waals surface area contributed by atoms with Gasteiger partial charge in [0.15, 0.2) is 0 Å². The monoisotopic (exact) mass is 166 g/mol. The lowest BCUT2D eigenvalue weighted by Crippen LogP contribution is -2.07. The molecule has 0 radical (unpaired) electrons. The van der Waals surface area contributed by atoms with E-state index in [1.54, 1.807) is 0 Å². The molecule has 0 aliphatic heterocycles. The third-order valence-electron chi connectivity index (χ3n) is 2.61. The average molecular weight is 166 g/mol. The second-order valence-corrected chi connectivity index (χ2v) is 3.92. The molecule has 1 aliphatic carbocycles. The highest BCUT2D eigenvalue weighted by atomic mass is 16.3. The normalized spacial score (nSPS) is 19.4. The molecule has 0 unspecified atom stereocenters. The molecule has 1 heteroatoms. The summed E-state index contributed by atoms with van der Waals surface area (Å²) in [5.41, 5.74) is 3.91. The van der Waals surface area contributed by atoms with Crippen LogP contribution < -0.4 is 0 Å². The number of aliphatic hydroxyl groups is 1. The predicted molar refractivity (Wildman–Crippen MR) is 52.1 cm³/mol. The predicted octanol–water partition coefficient (Wildman–Crippen LogP) is 3.58. The SMILES string of the molecule is CC1=C(C(C)C)C(C)=C(O)CC1. The summed E-state index contributed by atoms with van der Waals surface area (Å²) in [6, 6.07) is 0. The van der Waals surface area contributed by atoms with Gasteiger partial charge < -0.3 is 5.11 Å². The summed E-state index contributed by atoms with van der Waals surface area (Å²) in [6.07, 6.45) is 1.85. The summed E-state index contributed by atoms with van der Waals surface area (Å²) in [4.78, 5) is 0. The Hall–Kier alpha value is -0.720. The quantitative estimate of drug-likeness (QED) is 0.631. The molecule has 0 atom stereocenters. The van der Waals surface area contributed by atoms with Gasteiger partial charge >= 0.3 is 0 Å². The van der Waals surface area contributed by atoms with Crippen molar-refractivity contribution < 1.29 is 5.11 Å². The molecule has 0 aromatic carbocycles. The van der Waals surface area contributed by atoms with Gasteiger partial charge in [-0.1, -0.05) is 19.4 Å². The first-order valence-electron chi connectivity index (χ1n) is 4.62. The van der Waals surface area contributed by atoms with Gasteiger partial charge in [-0.3, -0.25) is 0 Å². The Bertz CT molecular complexity index is 244. The first-order valence-corrected chi connectivity index (χ1v) is 4.62. The van der Waals surface area contributed by atoms with Crippen LogP contribution in [-0.2, 0) is 0 Å². The van der Waals surface area contributed by atoms with Crippen LogP contribution in [0.3, 0.4) is 0 Å². The Kier molecular flexibility index (Phi) is 2.61. The molecule has 1 aliphatic rings. The van der Waals surface area contributed by atoms with Crippen LogP contribution in [0.2, 0.25) is 0 Å². The Morgan fingerprint density at radius 2 is 1.75 bits per heavy atom. The maximum absolute atomic E-state index is 9.56. The van der Waals surface area contributed by atoms with E-state index in [9.17, 15) is 5.11 Å². The van der Waals surface area contributed by atoms with E-state index in [1.165, 1.54) is 11.1 Å². The van der Waals surface area contributed by atoms with Gasteiger partial charge in [-0.05, 0) is 37.3 Å². The number of hydrogen-bond acceptors (Lipinski definition) is 1. The zero-order chi connectivity index (χ0) is 9.30. The minimum absolute atomic E-state index is 0.535. The van der Waals surface area contributed by atoms with Gasteiger partial charge in [0.2, 0.25) is 0 Å². The van der Waals surface area contributed by atoms with Crippen molar-refractivity contribution in [3.63, 3.8) is 0 Å². The fourth-order valence-corrected chi connectivity index (χ4v) is 2.03. The Labute approximate surface area is 74.8 Å². The van der Waals surface area contributed by atoms with Crippen molar-refractivity contribution in [2.45, 2.75) is 40.5 Å². The van der Waals surface area contributed by atoms with Crippen LogP contribution >= 0.6 is 0 Å². The minimum atomic E-state index is 0.535. The number of aliphatic hydroxyl groups excluding tert-OH is 1. The zero-order valence-electron chi connectivity index (χ0n) is 8.44. The standard InChI is InChI=1S/C11H18O/c1-7(2)11-8(3)5-6-10(12)9(11)4/h7,12H,5-6H2,1-4H3. The first-order chi connectivity index (χ1) is 5.54. The summed E-state index contributed by atoms with van der Waals surface area (Å²) in [5.74, 6) is 1.12. The van der Waals surface area contributed by atoms with Crippen LogP contribution in [-0.4, -0.2) is 5.11 Å². The van der Waals surface area contributed by atoms with Gasteiger partial charge in [-0.15, -0.1) is 0 Å². The molecule has 0 fully saturated rings. The van der Waals surface area contributed by atoms with Crippen molar-refractivity contribution in [1.82, 2.24) is 0 Å². The summed E-state index contributed by atoms with van der Waals surface area (Å²) in [5, 5.41) is 9.56. The Balaban J connectivity index is 3.07. The number of allylic oxidation sites excluding steroid dienone is 4. The van der Waals surface area contributed by atoms with E-state index >= 15 is 0 Å².